The minimum atomic E-state index is 0.634. The second kappa shape index (κ2) is 3.75. The molecule has 2 nitrogen and oxygen atoms in total. The van der Waals surface area contributed by atoms with Crippen molar-refractivity contribution in [1.29, 1.82) is 0 Å². The van der Waals surface area contributed by atoms with Gasteiger partial charge in [0.2, 0.25) is 0 Å². The Labute approximate surface area is 74.6 Å². The van der Waals surface area contributed by atoms with Crippen LogP contribution in [0.3, 0.4) is 0 Å². The van der Waals surface area contributed by atoms with Crippen LogP contribution < -0.4 is 5.48 Å². The average molecular weight is 169 g/mol. The second-order valence-corrected chi connectivity index (χ2v) is 4.28. The van der Waals surface area contributed by atoms with Gasteiger partial charge in [0, 0.05) is 6.04 Å². The van der Waals surface area contributed by atoms with Crippen LogP contribution in [0.25, 0.3) is 0 Å². The highest BCUT2D eigenvalue weighted by atomic mass is 16.6. The molecule has 12 heavy (non-hydrogen) atoms. The molecule has 0 bridgehead atoms. The molecule has 0 saturated heterocycles. The van der Waals surface area contributed by atoms with Crippen LogP contribution in [0.1, 0.15) is 38.5 Å². The first-order valence-electron chi connectivity index (χ1n) is 5.18. The molecule has 0 aliphatic heterocycles. The fourth-order valence-electron chi connectivity index (χ4n) is 2.50. The molecule has 1 N–H and O–H groups in total. The Bertz CT molecular complexity index is 143. The highest BCUT2D eigenvalue weighted by Gasteiger charge is 2.34. The Morgan fingerprint density at radius 3 is 2.58 bits per heavy atom. The van der Waals surface area contributed by atoms with Gasteiger partial charge in [-0.3, -0.25) is 0 Å². The fraction of sp³-hybridized carbons (Fsp3) is 1.00. The molecule has 0 amide bonds. The van der Waals surface area contributed by atoms with Gasteiger partial charge in [-0.15, -0.1) is 0 Å². The molecule has 0 radical (unpaired) electrons. The standard InChI is InChI=1S/C10H19NO/c1-12-11-10-4-2-3-9(7-10)8-5-6-8/h8-11H,2-7H2,1H3. The molecular formula is C10H19NO. The largest absolute Gasteiger partial charge is 0.305 e. The van der Waals surface area contributed by atoms with Crippen molar-refractivity contribution in [3.8, 4) is 0 Å². The lowest BCUT2D eigenvalue weighted by atomic mass is 9.83. The van der Waals surface area contributed by atoms with Crippen LogP contribution in [0.2, 0.25) is 0 Å². The molecule has 2 aliphatic carbocycles. The van der Waals surface area contributed by atoms with Crippen molar-refractivity contribution in [3.63, 3.8) is 0 Å². The van der Waals surface area contributed by atoms with Gasteiger partial charge in [0.25, 0.3) is 0 Å². The molecule has 0 aromatic heterocycles. The summed E-state index contributed by atoms with van der Waals surface area (Å²) in [6, 6.07) is 0.634. The van der Waals surface area contributed by atoms with Crippen LogP contribution in [0.15, 0.2) is 0 Å². The maximum absolute atomic E-state index is 4.98. The molecule has 70 valence electrons. The molecule has 0 spiro atoms. The van der Waals surface area contributed by atoms with Gasteiger partial charge in [-0.05, 0) is 37.5 Å². The summed E-state index contributed by atoms with van der Waals surface area (Å²) in [4.78, 5) is 4.98. The first kappa shape index (κ1) is 8.52. The summed E-state index contributed by atoms with van der Waals surface area (Å²) < 4.78 is 0. The van der Waals surface area contributed by atoms with Gasteiger partial charge < -0.3 is 4.84 Å². The van der Waals surface area contributed by atoms with Gasteiger partial charge in [-0.25, -0.2) is 0 Å². The van der Waals surface area contributed by atoms with Gasteiger partial charge in [-0.2, -0.15) is 5.48 Å². The van der Waals surface area contributed by atoms with Crippen molar-refractivity contribution in [1.82, 2.24) is 5.48 Å². The van der Waals surface area contributed by atoms with Crippen molar-refractivity contribution in [2.45, 2.75) is 44.6 Å². The van der Waals surface area contributed by atoms with Crippen molar-refractivity contribution in [2.75, 3.05) is 7.11 Å². The highest BCUT2D eigenvalue weighted by molar-refractivity contribution is 4.86. The van der Waals surface area contributed by atoms with E-state index in [1.54, 1.807) is 7.11 Å². The molecule has 2 heteroatoms. The summed E-state index contributed by atoms with van der Waals surface area (Å²) in [5.41, 5.74) is 3.10. The number of nitrogens with one attached hydrogen (secondary N) is 1. The summed E-state index contributed by atoms with van der Waals surface area (Å²) in [5, 5.41) is 0. The molecule has 2 atom stereocenters. The van der Waals surface area contributed by atoms with Crippen LogP contribution in [0.4, 0.5) is 0 Å². The van der Waals surface area contributed by atoms with Gasteiger partial charge >= 0.3 is 0 Å². The maximum atomic E-state index is 4.98. The predicted molar refractivity (Wildman–Crippen MR) is 48.6 cm³/mol. The van der Waals surface area contributed by atoms with E-state index in [1.165, 1.54) is 38.5 Å². The zero-order chi connectivity index (χ0) is 8.39. The number of hydroxylamine groups is 1. The maximum Gasteiger partial charge on any atom is 0.0572 e. The van der Waals surface area contributed by atoms with E-state index in [0.717, 1.165) is 11.8 Å². The summed E-state index contributed by atoms with van der Waals surface area (Å²) in [6.07, 6.45) is 8.49. The lowest BCUT2D eigenvalue weighted by Gasteiger charge is -2.28. The van der Waals surface area contributed by atoms with Crippen LogP contribution >= 0.6 is 0 Å². The third-order valence-corrected chi connectivity index (χ3v) is 3.29. The van der Waals surface area contributed by atoms with Gasteiger partial charge in [0.1, 0.15) is 0 Å². The summed E-state index contributed by atoms with van der Waals surface area (Å²) >= 11 is 0. The monoisotopic (exact) mass is 169 g/mol. The normalized spacial score (nSPS) is 36.8. The molecule has 2 unspecified atom stereocenters. The first-order valence-corrected chi connectivity index (χ1v) is 5.18. The SMILES string of the molecule is CONC1CCCC(C2CC2)C1. The third kappa shape index (κ3) is 1.99. The van der Waals surface area contributed by atoms with Crippen LogP contribution in [-0.4, -0.2) is 13.2 Å². The van der Waals surface area contributed by atoms with Gasteiger partial charge in [0.05, 0.1) is 7.11 Å². The van der Waals surface area contributed by atoms with E-state index >= 15 is 0 Å². The van der Waals surface area contributed by atoms with E-state index < -0.39 is 0 Å². The molecule has 0 aromatic rings. The number of hydrogen-bond acceptors (Lipinski definition) is 2. The van der Waals surface area contributed by atoms with Crippen molar-refractivity contribution >= 4 is 0 Å². The van der Waals surface area contributed by atoms with Crippen molar-refractivity contribution in [2.24, 2.45) is 11.8 Å². The second-order valence-electron chi connectivity index (χ2n) is 4.28. The van der Waals surface area contributed by atoms with E-state index in [2.05, 4.69) is 5.48 Å². The molecule has 2 fully saturated rings. The van der Waals surface area contributed by atoms with Gasteiger partial charge in [0.15, 0.2) is 0 Å². The lowest BCUT2D eigenvalue weighted by Crippen LogP contribution is -2.33. The van der Waals surface area contributed by atoms with E-state index in [1.807, 2.05) is 0 Å². The zero-order valence-corrected chi connectivity index (χ0v) is 7.88. The number of hydrogen-bond donors (Lipinski definition) is 1. The fourth-order valence-corrected chi connectivity index (χ4v) is 2.50. The smallest absolute Gasteiger partial charge is 0.0572 e. The quantitative estimate of drug-likeness (QED) is 0.653. The first-order chi connectivity index (χ1) is 5.90. The predicted octanol–water partition coefficient (Wildman–Crippen LogP) is 2.11. The topological polar surface area (TPSA) is 21.3 Å². The highest BCUT2D eigenvalue weighted by Crippen LogP contribution is 2.43. The molecule has 0 heterocycles. The van der Waals surface area contributed by atoms with Crippen molar-refractivity contribution < 1.29 is 4.84 Å². The minimum absolute atomic E-state index is 0.634. The summed E-state index contributed by atoms with van der Waals surface area (Å²) in [7, 11) is 1.72. The Kier molecular flexibility index (Phi) is 2.66. The van der Waals surface area contributed by atoms with Crippen LogP contribution in [0.5, 0.6) is 0 Å². The van der Waals surface area contributed by atoms with E-state index in [9.17, 15) is 0 Å². The minimum Gasteiger partial charge on any atom is -0.305 e. The lowest BCUT2D eigenvalue weighted by molar-refractivity contribution is 0.0385. The van der Waals surface area contributed by atoms with E-state index in [-0.39, 0.29) is 0 Å². The van der Waals surface area contributed by atoms with Gasteiger partial charge in [-0.1, -0.05) is 12.8 Å². The molecule has 0 aromatic carbocycles. The summed E-state index contributed by atoms with van der Waals surface area (Å²) in [5.74, 6) is 2.08. The van der Waals surface area contributed by atoms with Crippen LogP contribution in [0, 0.1) is 11.8 Å². The Balaban J connectivity index is 1.77. The van der Waals surface area contributed by atoms with E-state index in [4.69, 9.17) is 4.84 Å². The molecule has 2 aliphatic rings. The Hall–Kier alpha value is -0.0800. The third-order valence-electron chi connectivity index (χ3n) is 3.29. The molecule has 2 rings (SSSR count). The van der Waals surface area contributed by atoms with E-state index in [0.29, 0.717) is 6.04 Å². The summed E-state index contributed by atoms with van der Waals surface area (Å²) in [6.45, 7) is 0. The molecule has 2 saturated carbocycles. The number of rotatable bonds is 3. The average Bonchev–Trinajstić information content (AvgIpc) is 2.88. The molecular weight excluding hydrogens is 150 g/mol. The zero-order valence-electron chi connectivity index (χ0n) is 7.88. The Morgan fingerprint density at radius 2 is 1.92 bits per heavy atom. The van der Waals surface area contributed by atoms with Crippen LogP contribution in [-0.2, 0) is 4.84 Å². The Morgan fingerprint density at radius 1 is 1.08 bits per heavy atom. The van der Waals surface area contributed by atoms with Crippen molar-refractivity contribution in [3.05, 3.63) is 0 Å².